The second kappa shape index (κ2) is 6.20. The number of hydrogen-bond donors (Lipinski definition) is 1. The third-order valence-electron chi connectivity index (χ3n) is 3.53. The highest BCUT2D eigenvalue weighted by Crippen LogP contribution is 2.43. The zero-order valence-electron chi connectivity index (χ0n) is 12.0. The van der Waals surface area contributed by atoms with Crippen LogP contribution in [-0.4, -0.2) is 0 Å². The zero-order valence-corrected chi connectivity index (χ0v) is 12.0. The van der Waals surface area contributed by atoms with Gasteiger partial charge in [0.05, 0.1) is 0 Å². The van der Waals surface area contributed by atoms with Gasteiger partial charge in [0.15, 0.2) is 17.1 Å². The van der Waals surface area contributed by atoms with E-state index in [0.29, 0.717) is 0 Å². The average molecular weight is 291 g/mol. The molecule has 0 aliphatic heterocycles. The van der Waals surface area contributed by atoms with E-state index in [2.05, 4.69) is 5.28 Å². The van der Waals surface area contributed by atoms with Crippen LogP contribution in [0.5, 0.6) is 0 Å². The number of para-hydroxylation sites is 3. The molecule has 0 aromatic heterocycles. The lowest BCUT2D eigenvalue weighted by Gasteiger charge is -2.28. The minimum Gasteiger partial charge on any atom is -0.122 e. The number of nitrogens with two attached hydrogens (primary N) is 1. The summed E-state index contributed by atoms with van der Waals surface area (Å²) in [5.74, 6) is 0. The molecule has 0 spiro atoms. The maximum Gasteiger partial charge on any atom is 0.238 e. The van der Waals surface area contributed by atoms with Crippen molar-refractivity contribution in [2.45, 2.75) is 0 Å². The predicted molar refractivity (Wildman–Crippen MR) is 85.9 cm³/mol. The molecule has 3 aromatic rings. The first-order chi connectivity index (χ1) is 10.9. The average Bonchev–Trinajstić information content (AvgIpc) is 2.62. The molecule has 0 unspecified atom stereocenters. The fourth-order valence-electron chi connectivity index (χ4n) is 2.57. The van der Waals surface area contributed by atoms with E-state index in [-0.39, 0.29) is 4.65 Å². The van der Waals surface area contributed by atoms with E-state index >= 15 is 0 Å². The summed E-state index contributed by atoms with van der Waals surface area (Å²) in [6.45, 7) is 0. The second-order valence-electron chi connectivity index (χ2n) is 4.80. The summed E-state index contributed by atoms with van der Waals surface area (Å²) < 4.78 is -0.0288. The molecular formula is C18H17N3O+2. The van der Waals surface area contributed by atoms with Crippen LogP contribution in [0.4, 0.5) is 17.1 Å². The molecule has 22 heavy (non-hydrogen) atoms. The largest absolute Gasteiger partial charge is 0.238 e. The van der Waals surface area contributed by atoms with Crippen LogP contribution in [0.3, 0.4) is 0 Å². The smallest absolute Gasteiger partial charge is 0.122 e. The first kappa shape index (κ1) is 14.0. The van der Waals surface area contributed by atoms with Gasteiger partial charge in [0.25, 0.3) is 0 Å². The molecule has 0 aliphatic carbocycles. The molecule has 3 aromatic carbocycles. The first-order valence-electron chi connectivity index (χ1n) is 7.03. The summed E-state index contributed by atoms with van der Waals surface area (Å²) in [6, 6.07) is 29.6. The highest BCUT2D eigenvalue weighted by Gasteiger charge is 2.41. The molecule has 4 nitrogen and oxygen atoms in total. The van der Waals surface area contributed by atoms with Gasteiger partial charge in [-0.05, 0) is 4.65 Å². The Bertz CT molecular complexity index is 633. The van der Waals surface area contributed by atoms with Gasteiger partial charge in [-0.15, -0.1) is 10.5 Å². The van der Waals surface area contributed by atoms with E-state index in [4.69, 9.17) is 10.5 Å². The molecule has 0 amide bonds. The fourth-order valence-corrected chi connectivity index (χ4v) is 2.57. The highest BCUT2D eigenvalue weighted by molar-refractivity contribution is 5.68. The Labute approximate surface area is 129 Å². The van der Waals surface area contributed by atoms with Crippen LogP contribution in [0.2, 0.25) is 0 Å². The van der Waals surface area contributed by atoms with E-state index in [1.54, 1.807) is 0 Å². The minimum atomic E-state index is -0.0288. The van der Waals surface area contributed by atoms with Crippen LogP contribution in [0.1, 0.15) is 0 Å². The highest BCUT2D eigenvalue weighted by atomic mass is 16.8. The molecule has 0 heterocycles. The van der Waals surface area contributed by atoms with Crippen molar-refractivity contribution in [1.29, 1.82) is 0 Å². The number of quaternary nitrogens is 1. The Morgan fingerprint density at radius 3 is 1.18 bits per heavy atom. The van der Waals surface area contributed by atoms with Crippen molar-refractivity contribution >= 4 is 17.1 Å². The standard InChI is InChI=1S/C18H16N3O/c19-20-22-21(16-10-4-1-5-11-16,17-12-6-2-7-13-17)18-14-8-3-9-15-18/h1-15,19H/q+1/p+1. The van der Waals surface area contributed by atoms with Gasteiger partial charge in [0, 0.05) is 36.4 Å². The molecule has 0 fully saturated rings. The lowest BCUT2D eigenvalue weighted by molar-refractivity contribution is -0.324. The molecule has 0 atom stereocenters. The number of nitrogens with zero attached hydrogens (tertiary/aromatic N) is 2. The molecule has 0 saturated carbocycles. The Hall–Kier alpha value is -2.98. The lowest BCUT2D eigenvalue weighted by Crippen LogP contribution is -2.40. The van der Waals surface area contributed by atoms with Crippen molar-refractivity contribution in [3.05, 3.63) is 91.0 Å². The maximum absolute atomic E-state index is 5.73. The van der Waals surface area contributed by atoms with Crippen molar-refractivity contribution in [1.82, 2.24) is 4.65 Å². The maximum atomic E-state index is 5.73. The molecule has 0 bridgehead atoms. The van der Waals surface area contributed by atoms with Crippen molar-refractivity contribution in [3.63, 3.8) is 0 Å². The van der Waals surface area contributed by atoms with Crippen LogP contribution in [0.25, 0.3) is 0 Å². The minimum absolute atomic E-state index is 0.0288. The Morgan fingerprint density at radius 2 is 0.909 bits per heavy atom. The summed E-state index contributed by atoms with van der Waals surface area (Å²) >= 11 is 0. The SMILES string of the molecule is [NH2+]=NO[N+](c1ccccc1)(c1ccccc1)c1ccccc1. The normalized spacial score (nSPS) is 10.9. The number of rotatable bonds is 5. The summed E-state index contributed by atoms with van der Waals surface area (Å²) in [4.78, 5) is 5.73. The quantitative estimate of drug-likeness (QED) is 0.435. The van der Waals surface area contributed by atoms with Crippen molar-refractivity contribution in [2.24, 2.45) is 5.28 Å². The van der Waals surface area contributed by atoms with Gasteiger partial charge in [-0.25, -0.2) is 0 Å². The van der Waals surface area contributed by atoms with Gasteiger partial charge < -0.3 is 0 Å². The molecule has 0 aliphatic rings. The van der Waals surface area contributed by atoms with Crippen LogP contribution in [-0.2, 0) is 4.94 Å². The van der Waals surface area contributed by atoms with Crippen molar-refractivity contribution in [2.75, 3.05) is 0 Å². The zero-order chi connectivity index (χ0) is 15.3. The summed E-state index contributed by atoms with van der Waals surface area (Å²) in [7, 11) is 0. The van der Waals surface area contributed by atoms with Gasteiger partial charge in [0.1, 0.15) is 0 Å². The van der Waals surface area contributed by atoms with Gasteiger partial charge in [0.2, 0.25) is 5.28 Å². The summed E-state index contributed by atoms with van der Waals surface area (Å²) in [5, 5.41) is 3.51. The first-order valence-corrected chi connectivity index (χ1v) is 7.03. The van der Waals surface area contributed by atoms with Crippen molar-refractivity contribution < 1.29 is 10.5 Å². The van der Waals surface area contributed by atoms with Gasteiger partial charge in [-0.1, -0.05) is 54.6 Å². The van der Waals surface area contributed by atoms with E-state index in [1.807, 2.05) is 91.0 Å². The van der Waals surface area contributed by atoms with E-state index < -0.39 is 0 Å². The lowest BCUT2D eigenvalue weighted by atomic mass is 10.2. The van der Waals surface area contributed by atoms with Crippen LogP contribution >= 0.6 is 0 Å². The fraction of sp³-hybridized carbons (Fsp3) is 0. The Morgan fingerprint density at radius 1 is 0.591 bits per heavy atom. The number of benzene rings is 3. The van der Waals surface area contributed by atoms with E-state index in [9.17, 15) is 0 Å². The molecule has 2 N–H and O–H groups in total. The van der Waals surface area contributed by atoms with Crippen LogP contribution < -0.4 is 10.2 Å². The molecular weight excluding hydrogens is 274 g/mol. The van der Waals surface area contributed by atoms with E-state index in [0.717, 1.165) is 17.1 Å². The van der Waals surface area contributed by atoms with Gasteiger partial charge >= 0.3 is 0 Å². The Balaban J connectivity index is 2.31. The van der Waals surface area contributed by atoms with Gasteiger partial charge in [-0.3, -0.25) is 0 Å². The van der Waals surface area contributed by atoms with E-state index in [1.165, 1.54) is 0 Å². The van der Waals surface area contributed by atoms with Gasteiger partial charge in [-0.2, -0.15) is 0 Å². The summed E-state index contributed by atoms with van der Waals surface area (Å²) in [5.41, 5.74) is 8.15. The van der Waals surface area contributed by atoms with Crippen molar-refractivity contribution in [3.8, 4) is 0 Å². The molecule has 4 heteroatoms. The molecule has 3 rings (SSSR count). The molecule has 108 valence electrons. The topological polar surface area (TPSA) is 47.2 Å². The summed E-state index contributed by atoms with van der Waals surface area (Å²) in [6.07, 6.45) is 0. The predicted octanol–water partition coefficient (Wildman–Crippen LogP) is 3.72. The monoisotopic (exact) mass is 291 g/mol. The number of hydrogen-bond acceptors (Lipinski definition) is 2. The molecule has 0 saturated heterocycles. The van der Waals surface area contributed by atoms with Crippen LogP contribution in [0, 0.1) is 0 Å². The Kier molecular flexibility index (Phi) is 3.94. The second-order valence-corrected chi connectivity index (χ2v) is 4.80. The molecule has 0 radical (unpaired) electrons. The third kappa shape index (κ3) is 2.36. The third-order valence-corrected chi connectivity index (χ3v) is 3.53. The van der Waals surface area contributed by atoms with Crippen LogP contribution in [0.15, 0.2) is 96.3 Å².